The van der Waals surface area contributed by atoms with E-state index in [-0.39, 0.29) is 0 Å². The van der Waals surface area contributed by atoms with Gasteiger partial charge in [0.15, 0.2) is 0 Å². The van der Waals surface area contributed by atoms with Gasteiger partial charge in [0.2, 0.25) is 0 Å². The summed E-state index contributed by atoms with van der Waals surface area (Å²) in [5.41, 5.74) is 0. The SMILES string of the molecule is CBO[PH](=O)OC. The highest BCUT2D eigenvalue weighted by Gasteiger charge is 1.89. The van der Waals surface area contributed by atoms with E-state index in [1.165, 1.54) is 7.11 Å². The van der Waals surface area contributed by atoms with E-state index in [2.05, 4.69) is 8.96 Å². The van der Waals surface area contributed by atoms with Crippen LogP contribution in [0.25, 0.3) is 0 Å². The first kappa shape index (κ1) is 7.21. The number of hydrogen-bond donors (Lipinski definition) is 0. The van der Waals surface area contributed by atoms with E-state index in [0.717, 1.165) is 0 Å². The molecule has 0 aromatic carbocycles. The topological polar surface area (TPSA) is 35.5 Å². The quantitative estimate of drug-likeness (QED) is 0.402. The van der Waals surface area contributed by atoms with Crippen LogP contribution in [0.4, 0.5) is 0 Å². The van der Waals surface area contributed by atoms with Crippen LogP contribution in [0.1, 0.15) is 0 Å². The van der Waals surface area contributed by atoms with Crippen molar-refractivity contribution in [2.45, 2.75) is 6.82 Å². The van der Waals surface area contributed by atoms with Gasteiger partial charge in [-0.15, -0.1) is 0 Å². The maximum Gasteiger partial charge on any atom is 0.304 e. The Labute approximate surface area is 44.2 Å². The van der Waals surface area contributed by atoms with Crippen molar-refractivity contribution < 1.29 is 13.5 Å². The van der Waals surface area contributed by atoms with Gasteiger partial charge >= 0.3 is 8.25 Å². The summed E-state index contributed by atoms with van der Waals surface area (Å²) in [7, 11) is -0.322. The average molecular weight is 122 g/mol. The first-order valence-electron chi connectivity index (χ1n) is 2.02. The van der Waals surface area contributed by atoms with Crippen LogP contribution in [0.15, 0.2) is 0 Å². The first-order valence-corrected chi connectivity index (χ1v) is 3.24. The van der Waals surface area contributed by atoms with E-state index < -0.39 is 8.25 Å². The van der Waals surface area contributed by atoms with Crippen LogP contribution in [0.3, 0.4) is 0 Å². The fourth-order valence-corrected chi connectivity index (χ4v) is 0.530. The van der Waals surface area contributed by atoms with Crippen LogP contribution in [0, 0.1) is 0 Å². The molecule has 1 unspecified atom stereocenters. The predicted molar refractivity (Wildman–Crippen MR) is 30.1 cm³/mol. The Morgan fingerprint density at radius 3 is 2.43 bits per heavy atom. The van der Waals surface area contributed by atoms with E-state index in [9.17, 15) is 4.57 Å². The van der Waals surface area contributed by atoms with Crippen molar-refractivity contribution in [1.29, 1.82) is 0 Å². The lowest BCUT2D eigenvalue weighted by Gasteiger charge is -1.93. The van der Waals surface area contributed by atoms with Gasteiger partial charge in [-0.05, 0) is 0 Å². The predicted octanol–water partition coefficient (Wildman–Crippen LogP) is 0.439. The normalized spacial score (nSPS) is 13.4. The van der Waals surface area contributed by atoms with E-state index in [1.807, 2.05) is 0 Å². The molecule has 0 aromatic heterocycles. The maximum atomic E-state index is 10.2. The van der Waals surface area contributed by atoms with E-state index in [0.29, 0.717) is 7.48 Å². The number of rotatable bonds is 3. The maximum absolute atomic E-state index is 10.2. The second kappa shape index (κ2) is 4.38. The Balaban J connectivity index is 3.00. The van der Waals surface area contributed by atoms with Gasteiger partial charge in [0, 0.05) is 7.11 Å². The first-order chi connectivity index (χ1) is 3.31. The average Bonchev–Trinajstić information content (AvgIpc) is 1.68. The fourth-order valence-electron chi connectivity index (χ4n) is 0.177. The van der Waals surface area contributed by atoms with Crippen molar-refractivity contribution in [2.75, 3.05) is 7.11 Å². The molecule has 5 heteroatoms. The molecule has 0 aliphatic heterocycles. The minimum atomic E-state index is -2.13. The van der Waals surface area contributed by atoms with Gasteiger partial charge in [0.05, 0.1) is 0 Å². The molecular weight excluding hydrogens is 114 g/mol. The molecule has 0 spiro atoms. The summed E-state index contributed by atoms with van der Waals surface area (Å²) >= 11 is 0. The fraction of sp³-hybridized carbons (Fsp3) is 1.00. The van der Waals surface area contributed by atoms with Crippen molar-refractivity contribution in [2.24, 2.45) is 0 Å². The second-order valence-corrected chi connectivity index (χ2v) is 2.08. The standard InChI is InChI=1S/C2H8BO3P/c1-3-6-7(4)5-2/h3,7H,1-2H3. The number of hydrogen-bond acceptors (Lipinski definition) is 3. The molecule has 0 N–H and O–H groups in total. The third-order valence-electron chi connectivity index (χ3n) is 0.429. The molecule has 0 bridgehead atoms. The van der Waals surface area contributed by atoms with Gasteiger partial charge in [0.25, 0.3) is 7.48 Å². The van der Waals surface area contributed by atoms with Crippen molar-refractivity contribution in [3.05, 3.63) is 0 Å². The Hall–Kier alpha value is 0.215. The van der Waals surface area contributed by atoms with Crippen molar-refractivity contribution >= 4 is 15.7 Å². The third-order valence-corrected chi connectivity index (χ3v) is 1.29. The van der Waals surface area contributed by atoms with Crippen LogP contribution in [0.5, 0.6) is 0 Å². The second-order valence-electron chi connectivity index (χ2n) is 0.887. The molecule has 0 saturated heterocycles. The third kappa shape index (κ3) is 4.06. The zero-order valence-corrected chi connectivity index (χ0v) is 5.43. The molecule has 0 rings (SSSR count). The molecule has 0 aromatic rings. The van der Waals surface area contributed by atoms with Gasteiger partial charge in [0.1, 0.15) is 0 Å². The van der Waals surface area contributed by atoms with Crippen LogP contribution in [0.2, 0.25) is 6.82 Å². The van der Waals surface area contributed by atoms with Crippen LogP contribution >= 0.6 is 8.25 Å². The Morgan fingerprint density at radius 1 is 1.71 bits per heavy atom. The summed E-state index contributed by atoms with van der Waals surface area (Å²) in [5.74, 6) is 0. The summed E-state index contributed by atoms with van der Waals surface area (Å²) in [4.78, 5) is 0. The van der Waals surface area contributed by atoms with Gasteiger partial charge in [-0.2, -0.15) is 0 Å². The molecule has 42 valence electrons. The smallest absolute Gasteiger partial charge is 0.304 e. The molecule has 7 heavy (non-hydrogen) atoms. The van der Waals surface area contributed by atoms with Crippen molar-refractivity contribution in [1.82, 2.24) is 0 Å². The highest BCUT2D eigenvalue weighted by molar-refractivity contribution is 7.34. The lowest BCUT2D eigenvalue weighted by Crippen LogP contribution is -1.81. The lowest BCUT2D eigenvalue weighted by molar-refractivity contribution is 0.355. The van der Waals surface area contributed by atoms with Gasteiger partial charge < -0.3 is 8.96 Å². The molecule has 3 nitrogen and oxygen atoms in total. The molecule has 0 fully saturated rings. The van der Waals surface area contributed by atoms with Crippen molar-refractivity contribution in [3.8, 4) is 0 Å². The Kier molecular flexibility index (Phi) is 4.51. The summed E-state index contributed by atoms with van der Waals surface area (Å²) in [5, 5.41) is 0. The molecule has 0 radical (unpaired) electrons. The largest absolute Gasteiger partial charge is 0.377 e. The lowest BCUT2D eigenvalue weighted by atomic mass is 10.1. The molecule has 0 heterocycles. The van der Waals surface area contributed by atoms with Crippen LogP contribution in [-0.2, 0) is 13.5 Å². The minimum Gasteiger partial charge on any atom is -0.377 e. The zero-order valence-electron chi connectivity index (χ0n) is 4.43. The highest BCUT2D eigenvalue weighted by atomic mass is 31.1. The molecule has 0 aliphatic rings. The molecular formula is C2H8BO3P. The Bertz CT molecular complexity index is 66.0. The Morgan fingerprint density at radius 2 is 2.29 bits per heavy atom. The molecule has 0 saturated carbocycles. The van der Waals surface area contributed by atoms with E-state index >= 15 is 0 Å². The highest BCUT2D eigenvalue weighted by Crippen LogP contribution is 2.19. The summed E-state index contributed by atoms with van der Waals surface area (Å²) in [6.07, 6.45) is 0. The van der Waals surface area contributed by atoms with Crippen LogP contribution in [-0.4, -0.2) is 14.6 Å². The monoisotopic (exact) mass is 122 g/mol. The molecule has 0 aliphatic carbocycles. The van der Waals surface area contributed by atoms with E-state index in [1.54, 1.807) is 6.82 Å². The summed E-state index contributed by atoms with van der Waals surface area (Å²) < 4.78 is 19.0. The zero-order chi connectivity index (χ0) is 5.70. The van der Waals surface area contributed by atoms with Gasteiger partial charge in [-0.1, -0.05) is 6.82 Å². The van der Waals surface area contributed by atoms with Crippen molar-refractivity contribution in [3.63, 3.8) is 0 Å². The van der Waals surface area contributed by atoms with Gasteiger partial charge in [-0.25, -0.2) is 0 Å². The molecule has 1 atom stereocenters. The summed E-state index contributed by atoms with van der Waals surface area (Å²) in [6, 6.07) is 0. The van der Waals surface area contributed by atoms with Crippen LogP contribution < -0.4 is 0 Å². The van der Waals surface area contributed by atoms with E-state index in [4.69, 9.17) is 0 Å². The van der Waals surface area contributed by atoms with Gasteiger partial charge in [-0.3, -0.25) is 4.57 Å². The summed E-state index contributed by atoms with van der Waals surface area (Å²) in [6.45, 7) is 1.77. The molecule has 0 amide bonds. The minimum absolute atomic E-state index is 0.450.